The standard InChI is InChI=1S/C11H9BrClNS/c12-9-6-7(13)3-4-8(9)11(14)10-2-1-5-15-10/h1-6,11H,14H2/t11-/m1/s1. The molecule has 0 bridgehead atoms. The zero-order chi connectivity index (χ0) is 10.8. The number of hydrogen-bond acceptors (Lipinski definition) is 2. The number of rotatable bonds is 2. The van der Waals surface area contributed by atoms with Gasteiger partial charge in [-0.05, 0) is 29.1 Å². The van der Waals surface area contributed by atoms with E-state index in [1.165, 1.54) is 0 Å². The lowest BCUT2D eigenvalue weighted by molar-refractivity contribution is 0.887. The molecular formula is C11H9BrClNS. The van der Waals surface area contributed by atoms with E-state index in [1.54, 1.807) is 11.3 Å². The van der Waals surface area contributed by atoms with Crippen molar-refractivity contribution in [3.63, 3.8) is 0 Å². The first-order valence-corrected chi connectivity index (χ1v) is 6.47. The van der Waals surface area contributed by atoms with E-state index in [0.29, 0.717) is 5.02 Å². The summed E-state index contributed by atoms with van der Waals surface area (Å²) in [4.78, 5) is 1.15. The van der Waals surface area contributed by atoms with Crippen LogP contribution >= 0.6 is 38.9 Å². The lowest BCUT2D eigenvalue weighted by Gasteiger charge is -2.12. The van der Waals surface area contributed by atoms with Crippen LogP contribution in [0.4, 0.5) is 0 Å². The van der Waals surface area contributed by atoms with Crippen LogP contribution in [-0.4, -0.2) is 0 Å². The Morgan fingerprint density at radius 1 is 1.33 bits per heavy atom. The molecule has 15 heavy (non-hydrogen) atoms. The molecule has 0 aliphatic carbocycles. The molecule has 1 nitrogen and oxygen atoms in total. The van der Waals surface area contributed by atoms with Gasteiger partial charge < -0.3 is 5.73 Å². The van der Waals surface area contributed by atoms with Crippen molar-refractivity contribution in [3.8, 4) is 0 Å². The molecule has 0 unspecified atom stereocenters. The van der Waals surface area contributed by atoms with Gasteiger partial charge in [0.15, 0.2) is 0 Å². The average molecular weight is 303 g/mol. The highest BCUT2D eigenvalue weighted by atomic mass is 79.9. The number of nitrogens with two attached hydrogens (primary N) is 1. The minimum absolute atomic E-state index is 0.0864. The van der Waals surface area contributed by atoms with Gasteiger partial charge in [0.25, 0.3) is 0 Å². The highest BCUT2D eigenvalue weighted by Gasteiger charge is 2.12. The van der Waals surface area contributed by atoms with Gasteiger partial charge >= 0.3 is 0 Å². The molecule has 0 aliphatic heterocycles. The molecule has 0 spiro atoms. The third-order valence-electron chi connectivity index (χ3n) is 2.15. The minimum Gasteiger partial charge on any atom is -0.320 e. The highest BCUT2D eigenvalue weighted by Crippen LogP contribution is 2.30. The Kier molecular flexibility index (Phi) is 3.46. The molecule has 2 N–H and O–H groups in total. The lowest BCUT2D eigenvalue weighted by atomic mass is 10.1. The molecule has 2 rings (SSSR count). The molecule has 2 aromatic rings. The Morgan fingerprint density at radius 3 is 2.73 bits per heavy atom. The second-order valence-electron chi connectivity index (χ2n) is 3.16. The van der Waals surface area contributed by atoms with Gasteiger partial charge in [0.2, 0.25) is 0 Å². The lowest BCUT2D eigenvalue weighted by Crippen LogP contribution is -2.10. The summed E-state index contributed by atoms with van der Waals surface area (Å²) in [6, 6.07) is 9.63. The largest absolute Gasteiger partial charge is 0.320 e. The number of thiophene rings is 1. The van der Waals surface area contributed by atoms with Crippen LogP contribution in [0.2, 0.25) is 5.02 Å². The van der Waals surface area contributed by atoms with Gasteiger partial charge in [-0.1, -0.05) is 39.7 Å². The molecule has 0 aliphatic rings. The molecule has 0 saturated carbocycles. The molecule has 1 aromatic heterocycles. The van der Waals surface area contributed by atoms with Crippen molar-refractivity contribution in [1.29, 1.82) is 0 Å². The van der Waals surface area contributed by atoms with E-state index in [4.69, 9.17) is 17.3 Å². The zero-order valence-electron chi connectivity index (χ0n) is 7.78. The summed E-state index contributed by atoms with van der Waals surface area (Å²) < 4.78 is 0.955. The van der Waals surface area contributed by atoms with E-state index in [0.717, 1.165) is 14.9 Å². The second kappa shape index (κ2) is 4.66. The van der Waals surface area contributed by atoms with Crippen molar-refractivity contribution in [2.45, 2.75) is 6.04 Å². The molecule has 1 atom stereocenters. The summed E-state index contributed by atoms with van der Waals surface area (Å²) in [6.07, 6.45) is 0. The van der Waals surface area contributed by atoms with E-state index in [9.17, 15) is 0 Å². The van der Waals surface area contributed by atoms with Gasteiger partial charge in [0.1, 0.15) is 0 Å². The number of benzene rings is 1. The van der Waals surface area contributed by atoms with Crippen molar-refractivity contribution in [2.24, 2.45) is 5.73 Å². The van der Waals surface area contributed by atoms with Crippen LogP contribution in [0.5, 0.6) is 0 Å². The van der Waals surface area contributed by atoms with Gasteiger partial charge in [0.05, 0.1) is 6.04 Å². The normalized spacial score (nSPS) is 12.7. The van der Waals surface area contributed by atoms with Crippen LogP contribution in [0.3, 0.4) is 0 Å². The topological polar surface area (TPSA) is 26.0 Å². The van der Waals surface area contributed by atoms with E-state index in [2.05, 4.69) is 15.9 Å². The summed E-state index contributed by atoms with van der Waals surface area (Å²) in [5.41, 5.74) is 7.21. The Labute approximate surface area is 106 Å². The highest BCUT2D eigenvalue weighted by molar-refractivity contribution is 9.10. The molecule has 1 aromatic carbocycles. The SMILES string of the molecule is N[C@@H](c1cccs1)c1ccc(Cl)cc1Br. The predicted molar refractivity (Wildman–Crippen MR) is 69.5 cm³/mol. The number of hydrogen-bond donors (Lipinski definition) is 1. The molecule has 0 fully saturated rings. The zero-order valence-corrected chi connectivity index (χ0v) is 10.9. The third-order valence-corrected chi connectivity index (χ3v) is 4.02. The summed E-state index contributed by atoms with van der Waals surface area (Å²) in [5.74, 6) is 0. The van der Waals surface area contributed by atoms with Crippen LogP contribution < -0.4 is 5.73 Å². The fourth-order valence-electron chi connectivity index (χ4n) is 1.38. The Balaban J connectivity index is 2.38. The summed E-state index contributed by atoms with van der Waals surface area (Å²) in [6.45, 7) is 0. The first-order chi connectivity index (χ1) is 7.18. The maximum Gasteiger partial charge on any atom is 0.0657 e. The molecule has 4 heteroatoms. The molecule has 0 amide bonds. The monoisotopic (exact) mass is 301 g/mol. The fraction of sp³-hybridized carbons (Fsp3) is 0.0909. The summed E-state index contributed by atoms with van der Waals surface area (Å²) in [7, 11) is 0. The molecule has 1 heterocycles. The summed E-state index contributed by atoms with van der Waals surface area (Å²) >= 11 is 11.0. The van der Waals surface area contributed by atoms with Crippen molar-refractivity contribution >= 4 is 38.9 Å². The second-order valence-corrected chi connectivity index (χ2v) is 5.43. The fourth-order valence-corrected chi connectivity index (χ4v) is 3.05. The number of halogens is 2. The van der Waals surface area contributed by atoms with Gasteiger partial charge in [0, 0.05) is 14.4 Å². The minimum atomic E-state index is -0.0864. The van der Waals surface area contributed by atoms with Crippen molar-refractivity contribution in [1.82, 2.24) is 0 Å². The molecule has 0 radical (unpaired) electrons. The summed E-state index contributed by atoms with van der Waals surface area (Å²) in [5, 5.41) is 2.74. The van der Waals surface area contributed by atoms with E-state index in [-0.39, 0.29) is 6.04 Å². The molecular weight excluding hydrogens is 294 g/mol. The smallest absolute Gasteiger partial charge is 0.0657 e. The van der Waals surface area contributed by atoms with Crippen LogP contribution in [0.1, 0.15) is 16.5 Å². The van der Waals surface area contributed by atoms with Crippen LogP contribution in [0.25, 0.3) is 0 Å². The first-order valence-electron chi connectivity index (χ1n) is 4.42. The van der Waals surface area contributed by atoms with Crippen LogP contribution in [0, 0.1) is 0 Å². The van der Waals surface area contributed by atoms with E-state index < -0.39 is 0 Å². The first kappa shape index (κ1) is 11.1. The molecule has 0 saturated heterocycles. The van der Waals surface area contributed by atoms with Crippen molar-refractivity contribution in [3.05, 3.63) is 55.6 Å². The van der Waals surface area contributed by atoms with E-state index >= 15 is 0 Å². The average Bonchev–Trinajstić information content (AvgIpc) is 2.69. The molecule has 78 valence electrons. The Morgan fingerprint density at radius 2 is 2.13 bits per heavy atom. The van der Waals surface area contributed by atoms with Crippen LogP contribution in [0.15, 0.2) is 40.2 Å². The predicted octanol–water partition coefficient (Wildman–Crippen LogP) is 4.21. The Bertz CT molecular complexity index is 456. The maximum atomic E-state index is 6.15. The van der Waals surface area contributed by atoms with Gasteiger partial charge in [-0.3, -0.25) is 0 Å². The van der Waals surface area contributed by atoms with Crippen molar-refractivity contribution < 1.29 is 0 Å². The van der Waals surface area contributed by atoms with Crippen molar-refractivity contribution in [2.75, 3.05) is 0 Å². The van der Waals surface area contributed by atoms with E-state index in [1.807, 2.05) is 35.7 Å². The quantitative estimate of drug-likeness (QED) is 0.883. The van der Waals surface area contributed by atoms with Crippen LogP contribution in [-0.2, 0) is 0 Å². The third kappa shape index (κ3) is 2.42. The Hall–Kier alpha value is -0.350. The maximum absolute atomic E-state index is 6.15. The van der Waals surface area contributed by atoms with Gasteiger partial charge in [-0.2, -0.15) is 0 Å². The van der Waals surface area contributed by atoms with Gasteiger partial charge in [-0.25, -0.2) is 0 Å². The van der Waals surface area contributed by atoms with Gasteiger partial charge in [-0.15, -0.1) is 11.3 Å².